The number of benzene rings is 3. The van der Waals surface area contributed by atoms with E-state index >= 15 is 4.39 Å². The van der Waals surface area contributed by atoms with Gasteiger partial charge in [0.2, 0.25) is 0 Å². The molecule has 0 unspecified atom stereocenters. The molecule has 1 saturated heterocycles. The molecule has 0 spiro atoms. The van der Waals surface area contributed by atoms with Gasteiger partial charge in [0.15, 0.2) is 0 Å². The van der Waals surface area contributed by atoms with Crippen molar-refractivity contribution in [3.05, 3.63) is 66.1 Å². The SMILES string of the molecule is COc1ccc(CNc2cnnc3cc(-c4cc(B5OC(C)(C)C(C)(C)O5)ccc4OC)cc(F)c23)c(OC)c1. The van der Waals surface area contributed by atoms with E-state index in [1.165, 1.54) is 12.3 Å². The lowest BCUT2D eigenvalue weighted by Crippen LogP contribution is -2.41. The normalized spacial score (nSPS) is 15.8. The number of halogens is 1. The van der Waals surface area contributed by atoms with Crippen molar-refractivity contribution in [2.24, 2.45) is 0 Å². The van der Waals surface area contributed by atoms with Gasteiger partial charge in [-0.25, -0.2) is 4.39 Å². The van der Waals surface area contributed by atoms with Gasteiger partial charge in [-0.2, -0.15) is 10.2 Å². The number of rotatable bonds is 8. The third-order valence-electron chi connectivity index (χ3n) is 7.71. The van der Waals surface area contributed by atoms with Gasteiger partial charge in [-0.15, -0.1) is 0 Å². The van der Waals surface area contributed by atoms with Gasteiger partial charge in [0.05, 0.1) is 55.3 Å². The molecule has 0 atom stereocenters. The van der Waals surface area contributed by atoms with Crippen LogP contribution in [0.15, 0.2) is 54.7 Å². The van der Waals surface area contributed by atoms with E-state index in [1.54, 1.807) is 33.5 Å². The molecule has 8 nitrogen and oxygen atoms in total. The lowest BCUT2D eigenvalue weighted by molar-refractivity contribution is 0.00578. The van der Waals surface area contributed by atoms with Crippen LogP contribution in [0.1, 0.15) is 33.3 Å². The van der Waals surface area contributed by atoms with Gasteiger partial charge in [-0.05, 0) is 69.1 Å². The predicted molar refractivity (Wildman–Crippen MR) is 154 cm³/mol. The second-order valence-electron chi connectivity index (χ2n) is 10.7. The van der Waals surface area contributed by atoms with Crippen molar-refractivity contribution < 1.29 is 27.9 Å². The Bertz CT molecular complexity index is 1550. The third kappa shape index (κ3) is 5.04. The first-order valence-corrected chi connectivity index (χ1v) is 13.0. The zero-order valence-electron chi connectivity index (χ0n) is 23.8. The largest absolute Gasteiger partial charge is 0.497 e. The summed E-state index contributed by atoms with van der Waals surface area (Å²) >= 11 is 0. The molecule has 1 aliphatic rings. The molecular formula is C30H33BFN3O5. The number of nitrogens with zero attached hydrogens (tertiary/aromatic N) is 2. The van der Waals surface area contributed by atoms with Crippen molar-refractivity contribution in [1.29, 1.82) is 0 Å². The second-order valence-corrected chi connectivity index (χ2v) is 10.7. The van der Waals surface area contributed by atoms with Gasteiger partial charge in [-0.1, -0.05) is 12.1 Å². The van der Waals surface area contributed by atoms with Crippen molar-refractivity contribution in [2.45, 2.75) is 45.4 Å². The standard InChI is InChI=1S/C30H33BFN3O5/c1-29(2)30(3,4)40-31(39-29)20-9-11-26(37-6)22(14-20)19-12-23(32)28-24(13-19)35-34-17-25(28)33-16-18-8-10-21(36-5)15-27(18)38-7/h8-15,17H,16H2,1-7H3,(H,33,35). The van der Waals surface area contributed by atoms with Gasteiger partial charge in [0.1, 0.15) is 23.1 Å². The highest BCUT2D eigenvalue weighted by Gasteiger charge is 2.51. The highest BCUT2D eigenvalue weighted by Crippen LogP contribution is 2.38. The zero-order valence-corrected chi connectivity index (χ0v) is 23.8. The summed E-state index contributed by atoms with van der Waals surface area (Å²) < 4.78 is 44.6. The molecule has 4 aromatic rings. The molecule has 1 fully saturated rings. The maximum atomic E-state index is 15.8. The number of hydrogen-bond acceptors (Lipinski definition) is 8. The van der Waals surface area contributed by atoms with Crippen molar-refractivity contribution in [1.82, 2.24) is 10.2 Å². The van der Waals surface area contributed by atoms with Crippen LogP contribution in [0.4, 0.5) is 10.1 Å². The Labute approximate surface area is 233 Å². The summed E-state index contributed by atoms with van der Waals surface area (Å²) in [5.41, 5.74) is 2.94. The molecule has 0 amide bonds. The molecular weight excluding hydrogens is 512 g/mol. The molecule has 1 aliphatic heterocycles. The Hall–Kier alpha value is -3.89. The Balaban J connectivity index is 1.49. The van der Waals surface area contributed by atoms with Crippen molar-refractivity contribution in [3.63, 3.8) is 0 Å². The van der Waals surface area contributed by atoms with Crippen molar-refractivity contribution in [2.75, 3.05) is 26.6 Å². The van der Waals surface area contributed by atoms with E-state index in [0.29, 0.717) is 51.5 Å². The molecule has 2 heterocycles. The molecule has 5 rings (SSSR count). The van der Waals surface area contributed by atoms with E-state index in [4.69, 9.17) is 23.5 Å². The first kappa shape index (κ1) is 27.7. The minimum atomic E-state index is -0.564. The third-order valence-corrected chi connectivity index (χ3v) is 7.71. The van der Waals surface area contributed by atoms with Crippen LogP contribution >= 0.6 is 0 Å². The molecule has 0 radical (unpaired) electrons. The Morgan fingerprint density at radius 1 is 0.875 bits per heavy atom. The lowest BCUT2D eigenvalue weighted by atomic mass is 9.77. The fourth-order valence-electron chi connectivity index (χ4n) is 4.71. The minimum absolute atomic E-state index is 0.340. The van der Waals surface area contributed by atoms with Crippen LogP contribution in [0.25, 0.3) is 22.0 Å². The summed E-state index contributed by atoms with van der Waals surface area (Å²) in [7, 11) is 4.21. The number of aromatic nitrogens is 2. The molecule has 1 aromatic heterocycles. The maximum absolute atomic E-state index is 15.8. The Kier molecular flexibility index (Phi) is 7.33. The monoisotopic (exact) mass is 545 g/mol. The van der Waals surface area contributed by atoms with Gasteiger partial charge in [0, 0.05) is 23.7 Å². The smallest absolute Gasteiger partial charge is 0.494 e. The van der Waals surface area contributed by atoms with E-state index < -0.39 is 24.1 Å². The molecule has 40 heavy (non-hydrogen) atoms. The Morgan fingerprint density at radius 3 is 2.27 bits per heavy atom. The van der Waals surface area contributed by atoms with Crippen molar-refractivity contribution >= 4 is 29.2 Å². The van der Waals surface area contributed by atoms with Gasteiger partial charge in [0.25, 0.3) is 0 Å². The van der Waals surface area contributed by atoms with Crippen LogP contribution < -0.4 is 25.0 Å². The molecule has 0 aliphatic carbocycles. The average molecular weight is 545 g/mol. The quantitative estimate of drug-likeness (QED) is 0.296. The van der Waals surface area contributed by atoms with Crippen molar-refractivity contribution in [3.8, 4) is 28.4 Å². The number of hydrogen-bond donors (Lipinski definition) is 1. The van der Waals surface area contributed by atoms with E-state index in [2.05, 4.69) is 15.5 Å². The first-order chi connectivity index (χ1) is 19.1. The summed E-state index contributed by atoms with van der Waals surface area (Å²) in [4.78, 5) is 0. The summed E-state index contributed by atoms with van der Waals surface area (Å²) in [6.07, 6.45) is 1.51. The van der Waals surface area contributed by atoms with E-state index in [9.17, 15) is 0 Å². The van der Waals surface area contributed by atoms with Crippen LogP contribution in [-0.4, -0.2) is 49.8 Å². The fourth-order valence-corrected chi connectivity index (χ4v) is 4.71. The zero-order chi connectivity index (χ0) is 28.7. The average Bonchev–Trinajstić information content (AvgIpc) is 3.17. The highest BCUT2D eigenvalue weighted by atomic mass is 19.1. The van der Waals surface area contributed by atoms with Crippen LogP contribution in [0, 0.1) is 5.82 Å². The summed E-state index contributed by atoms with van der Waals surface area (Å²) in [6, 6.07) is 14.5. The van der Waals surface area contributed by atoms with Gasteiger partial charge >= 0.3 is 7.12 Å². The first-order valence-electron chi connectivity index (χ1n) is 13.0. The summed E-state index contributed by atoms with van der Waals surface area (Å²) in [6.45, 7) is 8.41. The number of ether oxygens (including phenoxy) is 3. The molecule has 1 N–H and O–H groups in total. The summed E-state index contributed by atoms with van der Waals surface area (Å²) in [5, 5.41) is 12.0. The van der Waals surface area contributed by atoms with E-state index in [1.807, 2.05) is 58.0 Å². The predicted octanol–water partition coefficient (Wildman–Crippen LogP) is 5.37. The minimum Gasteiger partial charge on any atom is -0.497 e. The van der Waals surface area contributed by atoms with Crippen LogP contribution in [0.2, 0.25) is 0 Å². The molecule has 208 valence electrons. The number of anilines is 1. The molecule has 3 aromatic carbocycles. The Morgan fingerprint density at radius 2 is 1.60 bits per heavy atom. The lowest BCUT2D eigenvalue weighted by Gasteiger charge is -2.32. The van der Waals surface area contributed by atoms with Gasteiger partial charge in [-0.3, -0.25) is 0 Å². The number of nitrogens with one attached hydrogen (secondary N) is 1. The van der Waals surface area contributed by atoms with Crippen LogP contribution in [-0.2, 0) is 15.9 Å². The molecule has 0 bridgehead atoms. The number of fused-ring (bicyclic) bond motifs is 1. The van der Waals surface area contributed by atoms with Crippen LogP contribution in [0.5, 0.6) is 17.2 Å². The van der Waals surface area contributed by atoms with Crippen LogP contribution in [0.3, 0.4) is 0 Å². The highest BCUT2D eigenvalue weighted by molar-refractivity contribution is 6.62. The van der Waals surface area contributed by atoms with E-state index in [0.717, 1.165) is 11.0 Å². The second kappa shape index (κ2) is 10.6. The number of methoxy groups -OCH3 is 3. The fraction of sp³-hybridized carbons (Fsp3) is 0.333. The molecule has 0 saturated carbocycles. The maximum Gasteiger partial charge on any atom is 0.494 e. The van der Waals surface area contributed by atoms with E-state index in [-0.39, 0.29) is 0 Å². The summed E-state index contributed by atoms with van der Waals surface area (Å²) in [5.74, 6) is 1.51. The molecule has 10 heteroatoms. The topological polar surface area (TPSA) is 84.0 Å². The van der Waals surface area contributed by atoms with Gasteiger partial charge < -0.3 is 28.8 Å².